The Kier molecular flexibility index (Phi) is 5.22. The molecule has 23 heavy (non-hydrogen) atoms. The Morgan fingerprint density at radius 2 is 2.30 bits per heavy atom. The summed E-state index contributed by atoms with van der Waals surface area (Å²) in [7, 11) is 0. The van der Waals surface area contributed by atoms with Gasteiger partial charge in [-0.2, -0.15) is 10.4 Å². The number of hydrogen-bond acceptors (Lipinski definition) is 5. The lowest BCUT2D eigenvalue weighted by Gasteiger charge is -2.35. The lowest BCUT2D eigenvalue weighted by molar-refractivity contribution is 0.109. The molecule has 1 aliphatic heterocycles. The van der Waals surface area contributed by atoms with Crippen molar-refractivity contribution in [2.45, 2.75) is 31.8 Å². The predicted molar refractivity (Wildman–Crippen MR) is 85.9 cm³/mol. The van der Waals surface area contributed by atoms with Crippen LogP contribution in [0.25, 0.3) is 0 Å². The number of likely N-dealkylation sites (tertiary alicyclic amines) is 1. The highest BCUT2D eigenvalue weighted by Gasteiger charge is 2.22. The minimum Gasteiger partial charge on any atom is -0.492 e. The third-order valence-corrected chi connectivity index (χ3v) is 4.22. The Morgan fingerprint density at radius 1 is 1.35 bits per heavy atom. The van der Waals surface area contributed by atoms with Crippen LogP contribution in [0.3, 0.4) is 0 Å². The smallest absolute Gasteiger partial charge is 0.137 e. The maximum Gasteiger partial charge on any atom is 0.137 e. The highest BCUT2D eigenvalue weighted by Crippen LogP contribution is 2.18. The fraction of sp³-hybridized carbons (Fsp3) is 0.471. The Morgan fingerprint density at radius 3 is 3.13 bits per heavy atom. The fourth-order valence-corrected chi connectivity index (χ4v) is 3.04. The Bertz CT molecular complexity index is 649. The van der Waals surface area contributed by atoms with E-state index in [0.29, 0.717) is 18.2 Å². The summed E-state index contributed by atoms with van der Waals surface area (Å²) in [5.41, 5.74) is 0.629. The second-order valence-corrected chi connectivity index (χ2v) is 5.79. The van der Waals surface area contributed by atoms with Crippen LogP contribution in [0.15, 0.2) is 36.9 Å². The molecule has 3 rings (SSSR count). The van der Waals surface area contributed by atoms with Gasteiger partial charge in [0.15, 0.2) is 0 Å². The molecule has 0 saturated carbocycles. The van der Waals surface area contributed by atoms with E-state index in [4.69, 9.17) is 10.00 Å². The van der Waals surface area contributed by atoms with Crippen molar-refractivity contribution < 1.29 is 4.74 Å². The first kappa shape index (κ1) is 15.5. The summed E-state index contributed by atoms with van der Waals surface area (Å²) in [4.78, 5) is 6.48. The summed E-state index contributed by atoms with van der Waals surface area (Å²) in [5, 5.41) is 13.1. The molecule has 0 amide bonds. The monoisotopic (exact) mass is 311 g/mol. The molecule has 120 valence electrons. The number of nitrogens with zero attached hydrogens (tertiary/aromatic N) is 5. The van der Waals surface area contributed by atoms with Gasteiger partial charge in [0, 0.05) is 12.6 Å². The van der Waals surface area contributed by atoms with Gasteiger partial charge in [0.1, 0.15) is 25.0 Å². The van der Waals surface area contributed by atoms with Gasteiger partial charge >= 0.3 is 0 Å². The van der Waals surface area contributed by atoms with Crippen LogP contribution < -0.4 is 4.74 Å². The van der Waals surface area contributed by atoms with E-state index in [1.165, 1.54) is 19.3 Å². The largest absolute Gasteiger partial charge is 0.492 e. The molecular formula is C17H21N5O. The molecule has 1 aromatic heterocycles. The van der Waals surface area contributed by atoms with E-state index in [9.17, 15) is 0 Å². The highest BCUT2D eigenvalue weighted by atomic mass is 16.5. The maximum atomic E-state index is 8.92. The summed E-state index contributed by atoms with van der Waals surface area (Å²) in [6.45, 7) is 3.49. The lowest BCUT2D eigenvalue weighted by atomic mass is 10.0. The van der Waals surface area contributed by atoms with Gasteiger partial charge in [-0.25, -0.2) is 4.98 Å². The Labute approximate surface area is 136 Å². The molecule has 6 heteroatoms. The Hall–Kier alpha value is -2.39. The molecule has 6 nitrogen and oxygen atoms in total. The molecule has 1 saturated heterocycles. The number of nitriles is 1. The maximum absolute atomic E-state index is 8.92. The lowest BCUT2D eigenvalue weighted by Crippen LogP contribution is -2.44. The second-order valence-electron chi connectivity index (χ2n) is 5.79. The average molecular weight is 311 g/mol. The average Bonchev–Trinajstić information content (AvgIpc) is 3.10. The normalized spacial score (nSPS) is 18.5. The summed E-state index contributed by atoms with van der Waals surface area (Å²) >= 11 is 0. The third-order valence-electron chi connectivity index (χ3n) is 4.22. The molecule has 1 aromatic carbocycles. The van der Waals surface area contributed by atoms with E-state index < -0.39 is 0 Å². The van der Waals surface area contributed by atoms with Crippen LogP contribution in [-0.4, -0.2) is 45.4 Å². The Balaban J connectivity index is 1.52. The first-order valence-corrected chi connectivity index (χ1v) is 8.04. The van der Waals surface area contributed by atoms with Crippen LogP contribution in [0.1, 0.15) is 24.8 Å². The van der Waals surface area contributed by atoms with Gasteiger partial charge in [0.25, 0.3) is 0 Å². The number of hydrogen-bond donors (Lipinski definition) is 0. The van der Waals surface area contributed by atoms with Crippen LogP contribution >= 0.6 is 0 Å². The highest BCUT2D eigenvalue weighted by molar-refractivity contribution is 5.36. The van der Waals surface area contributed by atoms with Gasteiger partial charge in [0.2, 0.25) is 0 Å². The summed E-state index contributed by atoms with van der Waals surface area (Å²) in [5.74, 6) is 0.758. The summed E-state index contributed by atoms with van der Waals surface area (Å²) in [6.07, 6.45) is 7.04. The standard InChI is InChI=1S/C17H21N5O/c18-11-15-4-3-6-17(10-15)23-9-8-21-7-2-1-5-16(21)12-22-14-19-13-20-22/h3-4,6,10,13-14,16H,1-2,5,7-9,12H2. The summed E-state index contributed by atoms with van der Waals surface area (Å²) in [6, 6.07) is 9.93. The van der Waals surface area contributed by atoms with Gasteiger partial charge in [-0.05, 0) is 37.6 Å². The molecule has 0 bridgehead atoms. The molecule has 0 spiro atoms. The van der Waals surface area contributed by atoms with E-state index in [2.05, 4.69) is 21.1 Å². The third kappa shape index (κ3) is 4.30. The van der Waals surface area contributed by atoms with Crippen molar-refractivity contribution in [3.05, 3.63) is 42.5 Å². The zero-order chi connectivity index (χ0) is 15.9. The van der Waals surface area contributed by atoms with Crippen LogP contribution in [0.4, 0.5) is 0 Å². The summed E-state index contributed by atoms with van der Waals surface area (Å²) < 4.78 is 7.71. The van der Waals surface area contributed by atoms with Crippen LogP contribution in [0.2, 0.25) is 0 Å². The zero-order valence-corrected chi connectivity index (χ0v) is 13.1. The van der Waals surface area contributed by atoms with Crippen molar-refractivity contribution >= 4 is 0 Å². The van der Waals surface area contributed by atoms with Crippen molar-refractivity contribution in [1.82, 2.24) is 19.7 Å². The first-order valence-electron chi connectivity index (χ1n) is 8.04. The molecule has 1 fully saturated rings. The van der Waals surface area contributed by atoms with Crippen molar-refractivity contribution in [2.75, 3.05) is 19.7 Å². The number of benzene rings is 1. The number of piperidine rings is 1. The number of ether oxygens (including phenoxy) is 1. The van der Waals surface area contributed by atoms with Crippen molar-refractivity contribution in [3.8, 4) is 11.8 Å². The van der Waals surface area contributed by atoms with Crippen LogP contribution in [0, 0.1) is 11.3 Å². The van der Waals surface area contributed by atoms with Gasteiger partial charge in [0.05, 0.1) is 18.2 Å². The van der Waals surface area contributed by atoms with Gasteiger partial charge in [-0.1, -0.05) is 12.5 Å². The SMILES string of the molecule is N#Cc1cccc(OCCN2CCCCC2Cn2cncn2)c1. The van der Waals surface area contributed by atoms with Crippen molar-refractivity contribution in [3.63, 3.8) is 0 Å². The molecule has 0 aliphatic carbocycles. The number of rotatable bonds is 6. The second kappa shape index (κ2) is 7.75. The quantitative estimate of drug-likeness (QED) is 0.817. The van der Waals surface area contributed by atoms with E-state index in [0.717, 1.165) is 25.4 Å². The van der Waals surface area contributed by atoms with E-state index in [-0.39, 0.29) is 0 Å². The fourth-order valence-electron chi connectivity index (χ4n) is 3.04. The van der Waals surface area contributed by atoms with E-state index >= 15 is 0 Å². The van der Waals surface area contributed by atoms with E-state index in [1.807, 2.05) is 16.8 Å². The van der Waals surface area contributed by atoms with Crippen molar-refractivity contribution in [1.29, 1.82) is 5.26 Å². The predicted octanol–water partition coefficient (Wildman–Crippen LogP) is 2.08. The first-order chi connectivity index (χ1) is 11.3. The molecule has 1 aliphatic rings. The van der Waals surface area contributed by atoms with Crippen LogP contribution in [-0.2, 0) is 6.54 Å². The zero-order valence-electron chi connectivity index (χ0n) is 13.1. The van der Waals surface area contributed by atoms with Gasteiger partial charge < -0.3 is 4.74 Å². The minimum absolute atomic E-state index is 0.486. The van der Waals surface area contributed by atoms with Crippen LogP contribution in [0.5, 0.6) is 5.75 Å². The molecule has 1 atom stereocenters. The van der Waals surface area contributed by atoms with Gasteiger partial charge in [-0.15, -0.1) is 0 Å². The molecule has 0 N–H and O–H groups in total. The van der Waals surface area contributed by atoms with Gasteiger partial charge in [-0.3, -0.25) is 9.58 Å². The molecule has 1 unspecified atom stereocenters. The van der Waals surface area contributed by atoms with Crippen molar-refractivity contribution in [2.24, 2.45) is 0 Å². The number of aromatic nitrogens is 3. The molecular weight excluding hydrogens is 290 g/mol. The topological polar surface area (TPSA) is 67.0 Å². The molecule has 0 radical (unpaired) electrons. The minimum atomic E-state index is 0.486. The molecule has 2 heterocycles. The molecule has 2 aromatic rings. The van der Waals surface area contributed by atoms with E-state index in [1.54, 1.807) is 24.8 Å².